The van der Waals surface area contributed by atoms with Crippen LogP contribution >= 0.6 is 0 Å². The van der Waals surface area contributed by atoms with Crippen LogP contribution in [0.25, 0.3) is 0 Å². The SMILES string of the molecule is C=C[C@H](O)[C@@H](O)C/C=C/C=C(/C=C/C)C(=O)O. The molecule has 0 aliphatic carbocycles. The predicted octanol–water partition coefficient (Wildman–Crippen LogP) is 1.43. The monoisotopic (exact) mass is 238 g/mol. The summed E-state index contributed by atoms with van der Waals surface area (Å²) in [5.74, 6) is -1.01. The second-order valence-corrected chi connectivity index (χ2v) is 3.38. The molecule has 0 spiro atoms. The Labute approximate surface area is 101 Å². The Morgan fingerprint density at radius 3 is 2.53 bits per heavy atom. The van der Waals surface area contributed by atoms with E-state index in [0.717, 1.165) is 0 Å². The number of aliphatic hydroxyl groups is 2. The number of hydrogen-bond donors (Lipinski definition) is 3. The van der Waals surface area contributed by atoms with Crippen molar-refractivity contribution in [2.75, 3.05) is 0 Å². The number of hydrogen-bond acceptors (Lipinski definition) is 3. The Bertz CT molecular complexity index is 339. The van der Waals surface area contributed by atoms with Gasteiger partial charge >= 0.3 is 5.97 Å². The molecule has 0 unspecified atom stereocenters. The third-order valence-corrected chi connectivity index (χ3v) is 2.02. The summed E-state index contributed by atoms with van der Waals surface area (Å²) in [6.45, 7) is 5.08. The highest BCUT2D eigenvalue weighted by atomic mass is 16.4. The molecule has 0 aliphatic heterocycles. The van der Waals surface area contributed by atoms with Crippen molar-refractivity contribution < 1.29 is 20.1 Å². The molecular weight excluding hydrogens is 220 g/mol. The molecule has 0 bridgehead atoms. The van der Waals surface area contributed by atoms with E-state index in [1.807, 2.05) is 0 Å². The fraction of sp³-hybridized carbons (Fsp3) is 0.308. The molecule has 2 atom stereocenters. The van der Waals surface area contributed by atoms with Crippen molar-refractivity contribution in [3.05, 3.63) is 48.6 Å². The summed E-state index contributed by atoms with van der Waals surface area (Å²) in [5, 5.41) is 27.3. The van der Waals surface area contributed by atoms with E-state index in [4.69, 9.17) is 5.11 Å². The van der Waals surface area contributed by atoms with Crippen molar-refractivity contribution in [2.45, 2.75) is 25.6 Å². The zero-order chi connectivity index (χ0) is 13.3. The maximum atomic E-state index is 10.7. The molecule has 0 fully saturated rings. The fourth-order valence-corrected chi connectivity index (χ4v) is 1.06. The van der Waals surface area contributed by atoms with Crippen LogP contribution < -0.4 is 0 Å². The molecule has 4 heteroatoms. The van der Waals surface area contributed by atoms with Crippen molar-refractivity contribution in [2.24, 2.45) is 0 Å². The van der Waals surface area contributed by atoms with E-state index >= 15 is 0 Å². The van der Waals surface area contributed by atoms with Gasteiger partial charge in [0.1, 0.15) is 0 Å². The van der Waals surface area contributed by atoms with E-state index in [2.05, 4.69) is 6.58 Å². The van der Waals surface area contributed by atoms with Gasteiger partial charge < -0.3 is 15.3 Å². The summed E-state index contributed by atoms with van der Waals surface area (Å²) in [6, 6.07) is 0. The molecule has 4 nitrogen and oxygen atoms in total. The smallest absolute Gasteiger partial charge is 0.335 e. The van der Waals surface area contributed by atoms with Crippen LogP contribution in [0.15, 0.2) is 48.6 Å². The Hall–Kier alpha value is -1.65. The van der Waals surface area contributed by atoms with Gasteiger partial charge in [0.2, 0.25) is 0 Å². The maximum Gasteiger partial charge on any atom is 0.335 e. The molecule has 0 radical (unpaired) electrons. The highest BCUT2D eigenvalue weighted by Crippen LogP contribution is 2.03. The number of carboxylic acids is 1. The quantitative estimate of drug-likeness (QED) is 0.356. The van der Waals surface area contributed by atoms with E-state index in [-0.39, 0.29) is 12.0 Å². The van der Waals surface area contributed by atoms with Crippen LogP contribution in [-0.2, 0) is 4.79 Å². The van der Waals surface area contributed by atoms with Gasteiger partial charge in [0, 0.05) is 0 Å². The second kappa shape index (κ2) is 8.50. The minimum atomic E-state index is -1.01. The molecule has 0 heterocycles. The first-order chi connectivity index (χ1) is 8.02. The van der Waals surface area contributed by atoms with Crippen molar-refractivity contribution >= 4 is 5.97 Å². The first-order valence-corrected chi connectivity index (χ1v) is 5.24. The van der Waals surface area contributed by atoms with Crippen LogP contribution in [0.2, 0.25) is 0 Å². The molecule has 0 aromatic carbocycles. The Balaban J connectivity index is 4.38. The van der Waals surface area contributed by atoms with E-state index in [1.165, 1.54) is 24.3 Å². The largest absolute Gasteiger partial charge is 0.478 e. The normalized spacial score (nSPS) is 16.3. The lowest BCUT2D eigenvalue weighted by molar-refractivity contribution is -0.132. The van der Waals surface area contributed by atoms with Gasteiger partial charge in [-0.3, -0.25) is 0 Å². The summed E-state index contributed by atoms with van der Waals surface area (Å²) in [5.41, 5.74) is 0.155. The second-order valence-electron chi connectivity index (χ2n) is 3.38. The molecule has 0 rings (SSSR count). The molecular formula is C13H18O4. The lowest BCUT2D eigenvalue weighted by Gasteiger charge is -2.10. The van der Waals surface area contributed by atoms with Gasteiger partial charge in [0.05, 0.1) is 17.8 Å². The highest BCUT2D eigenvalue weighted by molar-refractivity contribution is 5.90. The minimum Gasteiger partial charge on any atom is -0.478 e. The van der Waals surface area contributed by atoms with Crippen molar-refractivity contribution in [3.8, 4) is 0 Å². The van der Waals surface area contributed by atoms with Crippen LogP contribution in [-0.4, -0.2) is 33.5 Å². The number of carboxylic acid groups (broad SMARTS) is 1. The van der Waals surface area contributed by atoms with Crippen molar-refractivity contribution in [1.29, 1.82) is 0 Å². The number of allylic oxidation sites excluding steroid dienone is 3. The molecule has 94 valence electrons. The van der Waals surface area contributed by atoms with Gasteiger partial charge in [0.25, 0.3) is 0 Å². The molecule has 0 saturated heterocycles. The van der Waals surface area contributed by atoms with Crippen LogP contribution in [0.1, 0.15) is 13.3 Å². The third kappa shape index (κ3) is 6.50. The van der Waals surface area contributed by atoms with E-state index < -0.39 is 18.2 Å². The van der Waals surface area contributed by atoms with Crippen LogP contribution in [0.4, 0.5) is 0 Å². The number of carbonyl (C=O) groups is 1. The molecule has 0 saturated carbocycles. The Morgan fingerprint density at radius 1 is 1.41 bits per heavy atom. The van der Waals surface area contributed by atoms with Crippen LogP contribution in [0.3, 0.4) is 0 Å². The van der Waals surface area contributed by atoms with Gasteiger partial charge in [-0.05, 0) is 19.4 Å². The fourth-order valence-electron chi connectivity index (χ4n) is 1.06. The van der Waals surface area contributed by atoms with Crippen LogP contribution in [0.5, 0.6) is 0 Å². The summed E-state index contributed by atoms with van der Waals surface area (Å²) >= 11 is 0. The van der Waals surface area contributed by atoms with E-state index in [9.17, 15) is 15.0 Å². The Morgan fingerprint density at radius 2 is 2.06 bits per heavy atom. The zero-order valence-electron chi connectivity index (χ0n) is 9.78. The molecule has 17 heavy (non-hydrogen) atoms. The number of aliphatic carboxylic acids is 1. The average Bonchev–Trinajstić information content (AvgIpc) is 2.31. The summed E-state index contributed by atoms with van der Waals surface area (Å²) in [6.07, 6.45) is 7.22. The van der Waals surface area contributed by atoms with Gasteiger partial charge in [-0.2, -0.15) is 0 Å². The topological polar surface area (TPSA) is 77.8 Å². The average molecular weight is 238 g/mol. The first kappa shape index (κ1) is 15.3. The lowest BCUT2D eigenvalue weighted by atomic mass is 10.1. The van der Waals surface area contributed by atoms with E-state index in [1.54, 1.807) is 19.1 Å². The molecule has 0 aliphatic rings. The number of aliphatic hydroxyl groups excluding tert-OH is 2. The molecule has 0 aromatic heterocycles. The zero-order valence-corrected chi connectivity index (χ0v) is 9.78. The Kier molecular flexibility index (Phi) is 7.67. The molecule has 0 amide bonds. The van der Waals surface area contributed by atoms with Crippen molar-refractivity contribution in [1.82, 2.24) is 0 Å². The van der Waals surface area contributed by atoms with Crippen molar-refractivity contribution in [3.63, 3.8) is 0 Å². The maximum absolute atomic E-state index is 10.7. The van der Waals surface area contributed by atoms with Crippen LogP contribution in [0, 0.1) is 0 Å². The highest BCUT2D eigenvalue weighted by Gasteiger charge is 2.09. The summed E-state index contributed by atoms with van der Waals surface area (Å²) < 4.78 is 0. The van der Waals surface area contributed by atoms with Gasteiger partial charge in [-0.25, -0.2) is 4.79 Å². The minimum absolute atomic E-state index is 0.155. The predicted molar refractivity (Wildman–Crippen MR) is 66.5 cm³/mol. The van der Waals surface area contributed by atoms with Gasteiger partial charge in [0.15, 0.2) is 0 Å². The third-order valence-electron chi connectivity index (χ3n) is 2.02. The molecule has 3 N–H and O–H groups in total. The lowest BCUT2D eigenvalue weighted by Crippen LogP contribution is -2.22. The summed E-state index contributed by atoms with van der Waals surface area (Å²) in [7, 11) is 0. The number of rotatable bonds is 7. The first-order valence-electron chi connectivity index (χ1n) is 5.24. The summed E-state index contributed by atoms with van der Waals surface area (Å²) in [4.78, 5) is 10.7. The molecule has 0 aromatic rings. The van der Waals surface area contributed by atoms with Gasteiger partial charge in [-0.1, -0.05) is 30.4 Å². The standard InChI is InChI=1S/C13H18O4/c1-3-7-10(13(16)17)8-5-6-9-12(15)11(14)4-2/h3-8,11-12,14-15H,2,9H2,1H3,(H,16,17)/b6-5+,7-3+,10-8-/t11-,12-/m0/s1. The van der Waals surface area contributed by atoms with E-state index in [0.29, 0.717) is 0 Å². The van der Waals surface area contributed by atoms with Gasteiger partial charge in [-0.15, -0.1) is 6.58 Å².